The predicted octanol–water partition coefficient (Wildman–Crippen LogP) is 3.11. The van der Waals surface area contributed by atoms with Crippen LogP contribution in [0, 0.1) is 10.1 Å². The number of non-ortho nitro benzene ring substituents is 1. The van der Waals surface area contributed by atoms with Crippen molar-refractivity contribution in [2.24, 2.45) is 0 Å². The third-order valence-corrected chi connectivity index (χ3v) is 5.53. The van der Waals surface area contributed by atoms with E-state index in [0.717, 1.165) is 18.8 Å². The first kappa shape index (κ1) is 23.4. The van der Waals surface area contributed by atoms with Gasteiger partial charge in [-0.25, -0.2) is 9.78 Å². The topological polar surface area (TPSA) is 112 Å². The van der Waals surface area contributed by atoms with Crippen LogP contribution in [-0.2, 0) is 20.8 Å². The number of esters is 1. The van der Waals surface area contributed by atoms with Crippen molar-refractivity contribution in [2.45, 2.75) is 33.4 Å². The van der Waals surface area contributed by atoms with Crippen molar-refractivity contribution in [3.8, 4) is 0 Å². The van der Waals surface area contributed by atoms with Gasteiger partial charge in [-0.05, 0) is 25.6 Å². The molecule has 3 rings (SSSR count). The van der Waals surface area contributed by atoms with E-state index in [1.165, 1.54) is 19.2 Å². The Morgan fingerprint density at radius 1 is 1.31 bits per heavy atom. The molecule has 1 aromatic heterocycles. The number of nitrogens with one attached hydrogen (secondary N) is 1. The number of imidazole rings is 1. The number of carbonyl (C=O) groups is 1. The van der Waals surface area contributed by atoms with E-state index >= 15 is 0 Å². The Labute approximate surface area is 187 Å². The quantitative estimate of drug-likeness (QED) is 0.258. The molecule has 2 heterocycles. The largest absolute Gasteiger partial charge is 0.460 e. The van der Waals surface area contributed by atoms with Crippen LogP contribution in [0.25, 0.3) is 0 Å². The lowest BCUT2D eigenvalue weighted by molar-refractivity contribution is -0.384. The molecule has 1 atom stereocenters. The van der Waals surface area contributed by atoms with Gasteiger partial charge < -0.3 is 19.4 Å². The molecular weight excluding hydrogens is 414 g/mol. The summed E-state index contributed by atoms with van der Waals surface area (Å²) in [5.74, 6) is 0.0753. The average molecular weight is 444 g/mol. The smallest absolute Gasteiger partial charge is 0.338 e. The van der Waals surface area contributed by atoms with Crippen LogP contribution in [-0.4, -0.2) is 58.8 Å². The van der Waals surface area contributed by atoms with Crippen molar-refractivity contribution in [2.75, 3.05) is 38.7 Å². The van der Waals surface area contributed by atoms with Gasteiger partial charge in [0.25, 0.3) is 5.69 Å². The molecule has 0 radical (unpaired) electrons. The first-order valence-corrected chi connectivity index (χ1v) is 10.6. The molecule has 0 bridgehead atoms. The number of nitro benzene ring substituents is 1. The van der Waals surface area contributed by atoms with Gasteiger partial charge >= 0.3 is 5.97 Å². The summed E-state index contributed by atoms with van der Waals surface area (Å²) < 4.78 is 12.4. The predicted molar refractivity (Wildman–Crippen MR) is 119 cm³/mol. The zero-order valence-electron chi connectivity index (χ0n) is 18.8. The maximum absolute atomic E-state index is 13.1. The highest BCUT2D eigenvalue weighted by atomic mass is 16.6. The zero-order valence-corrected chi connectivity index (χ0v) is 18.8. The molecule has 32 heavy (non-hydrogen) atoms. The molecule has 10 heteroatoms. The normalized spacial score (nSPS) is 15.5. The fraction of sp³-hybridized carbons (Fsp3) is 0.455. The number of nitro groups is 1. The summed E-state index contributed by atoms with van der Waals surface area (Å²) in [4.78, 5) is 30.8. The van der Waals surface area contributed by atoms with Crippen LogP contribution in [0.4, 0.5) is 11.6 Å². The van der Waals surface area contributed by atoms with Crippen molar-refractivity contribution in [3.05, 3.63) is 63.1 Å². The number of hydrogen-bond donors (Lipinski definition) is 1. The molecule has 1 unspecified atom stereocenters. The number of methoxy groups -OCH3 is 1. The van der Waals surface area contributed by atoms with Crippen LogP contribution in [0.3, 0.4) is 0 Å². The molecule has 1 aromatic carbocycles. The van der Waals surface area contributed by atoms with E-state index in [4.69, 9.17) is 9.47 Å². The third-order valence-electron chi connectivity index (χ3n) is 5.53. The summed E-state index contributed by atoms with van der Waals surface area (Å²) in [5.41, 5.74) is 2.43. The Kier molecular flexibility index (Phi) is 7.60. The molecule has 172 valence electrons. The van der Waals surface area contributed by atoms with E-state index in [2.05, 4.69) is 29.0 Å². The molecule has 0 spiro atoms. The molecule has 0 aliphatic carbocycles. The van der Waals surface area contributed by atoms with Gasteiger partial charge in [-0.3, -0.25) is 15.0 Å². The number of hydrogen-bond acceptors (Lipinski definition) is 8. The minimum Gasteiger partial charge on any atom is -0.460 e. The molecule has 2 aromatic rings. The number of carbonyl (C=O) groups excluding carboxylic acids is 1. The second-order valence-electron chi connectivity index (χ2n) is 7.45. The number of rotatable bonds is 10. The molecule has 0 amide bonds. The van der Waals surface area contributed by atoms with Gasteiger partial charge in [0.15, 0.2) is 0 Å². The van der Waals surface area contributed by atoms with Crippen LogP contribution >= 0.6 is 0 Å². The highest BCUT2D eigenvalue weighted by molar-refractivity contribution is 5.92. The average Bonchev–Trinajstić information content (AvgIpc) is 3.18. The summed E-state index contributed by atoms with van der Waals surface area (Å²) in [7, 11) is 1.53. The molecule has 0 saturated carbocycles. The maximum Gasteiger partial charge on any atom is 0.338 e. The van der Waals surface area contributed by atoms with Gasteiger partial charge in [0.2, 0.25) is 5.95 Å². The van der Waals surface area contributed by atoms with Crippen molar-refractivity contribution >= 4 is 17.6 Å². The van der Waals surface area contributed by atoms with Crippen molar-refractivity contribution in [3.63, 3.8) is 0 Å². The second kappa shape index (κ2) is 10.4. The fourth-order valence-corrected chi connectivity index (χ4v) is 3.82. The minimum absolute atomic E-state index is 0.0438. The van der Waals surface area contributed by atoms with Gasteiger partial charge in [-0.15, -0.1) is 0 Å². The van der Waals surface area contributed by atoms with E-state index in [1.54, 1.807) is 25.3 Å². The number of fused-ring (bicyclic) bond motifs is 1. The van der Waals surface area contributed by atoms with Crippen molar-refractivity contribution in [1.29, 1.82) is 0 Å². The SMILES string of the molecule is CCN(CC)Cc1cnc2n1C(c1cccc([N+](=O)[O-])c1)C(C(=O)OCCOC)=C(C)N2. The van der Waals surface area contributed by atoms with Crippen LogP contribution in [0.15, 0.2) is 41.7 Å². The number of allylic oxidation sites excluding steroid dienone is 1. The summed E-state index contributed by atoms with van der Waals surface area (Å²) in [6.45, 7) is 8.65. The number of aromatic nitrogens is 2. The van der Waals surface area contributed by atoms with Gasteiger partial charge in [-0.2, -0.15) is 0 Å². The Bertz CT molecular complexity index is 1010. The van der Waals surface area contributed by atoms with Crippen molar-refractivity contribution in [1.82, 2.24) is 14.5 Å². The summed E-state index contributed by atoms with van der Waals surface area (Å²) in [6.07, 6.45) is 1.78. The Balaban J connectivity index is 2.12. The van der Waals surface area contributed by atoms with Crippen LogP contribution < -0.4 is 5.32 Å². The summed E-state index contributed by atoms with van der Waals surface area (Å²) in [6, 6.07) is 5.72. The first-order chi connectivity index (χ1) is 15.4. The van der Waals surface area contributed by atoms with E-state index in [0.29, 0.717) is 29.3 Å². The lowest BCUT2D eigenvalue weighted by Gasteiger charge is -2.32. The standard InChI is InChI=1S/C22H29N5O5/c1-5-25(6-2)14-18-13-23-22-24-15(3)19(21(28)32-11-10-31-4)20(26(18)22)16-8-7-9-17(12-16)27(29)30/h7-9,12-13,20H,5-6,10-11,14H2,1-4H3,(H,23,24). The summed E-state index contributed by atoms with van der Waals surface area (Å²) >= 11 is 0. The third kappa shape index (κ3) is 4.81. The van der Waals surface area contributed by atoms with Gasteiger partial charge in [-0.1, -0.05) is 26.0 Å². The monoisotopic (exact) mass is 443 g/mol. The van der Waals surface area contributed by atoms with E-state index in [1.807, 2.05) is 4.57 Å². The maximum atomic E-state index is 13.1. The Morgan fingerprint density at radius 2 is 2.06 bits per heavy atom. The lowest BCUT2D eigenvalue weighted by atomic mass is 9.94. The zero-order chi connectivity index (χ0) is 23.3. The highest BCUT2D eigenvalue weighted by Gasteiger charge is 2.35. The van der Waals surface area contributed by atoms with Gasteiger partial charge in [0.1, 0.15) is 6.61 Å². The lowest BCUT2D eigenvalue weighted by Crippen LogP contribution is -2.32. The van der Waals surface area contributed by atoms with Gasteiger partial charge in [0.05, 0.1) is 35.0 Å². The fourth-order valence-electron chi connectivity index (χ4n) is 3.82. The van der Waals surface area contributed by atoms with Gasteiger partial charge in [0, 0.05) is 31.5 Å². The van der Waals surface area contributed by atoms with E-state index in [-0.39, 0.29) is 18.9 Å². The number of anilines is 1. The molecular formula is C22H29N5O5. The van der Waals surface area contributed by atoms with Crippen LogP contribution in [0.1, 0.15) is 38.1 Å². The number of nitrogens with zero attached hydrogens (tertiary/aromatic N) is 4. The molecule has 1 aliphatic rings. The molecule has 0 fully saturated rings. The van der Waals surface area contributed by atoms with Crippen LogP contribution in [0.2, 0.25) is 0 Å². The molecule has 0 saturated heterocycles. The Morgan fingerprint density at radius 3 is 2.72 bits per heavy atom. The van der Waals surface area contributed by atoms with Crippen LogP contribution in [0.5, 0.6) is 0 Å². The first-order valence-electron chi connectivity index (χ1n) is 10.6. The molecule has 1 aliphatic heterocycles. The second-order valence-corrected chi connectivity index (χ2v) is 7.45. The number of ether oxygens (including phenoxy) is 2. The minimum atomic E-state index is -0.616. The van der Waals surface area contributed by atoms with E-state index in [9.17, 15) is 14.9 Å². The Hall–Kier alpha value is -3.24. The van der Waals surface area contributed by atoms with Crippen molar-refractivity contribution < 1.29 is 19.2 Å². The number of benzene rings is 1. The molecule has 10 nitrogen and oxygen atoms in total. The van der Waals surface area contributed by atoms with E-state index < -0.39 is 16.9 Å². The summed E-state index contributed by atoms with van der Waals surface area (Å²) in [5, 5.41) is 14.6. The molecule has 1 N–H and O–H groups in total. The highest BCUT2D eigenvalue weighted by Crippen LogP contribution is 2.38.